The van der Waals surface area contributed by atoms with Crippen molar-refractivity contribution in [1.82, 2.24) is 9.80 Å². The molecule has 1 aliphatic rings. The second-order valence-corrected chi connectivity index (χ2v) is 5.46. The van der Waals surface area contributed by atoms with Gasteiger partial charge in [-0.15, -0.1) is 0 Å². The van der Waals surface area contributed by atoms with E-state index < -0.39 is 0 Å². The summed E-state index contributed by atoms with van der Waals surface area (Å²) in [6, 6.07) is 6.19. The molecular weight excluding hydrogens is 238 g/mol. The number of aromatic hydroxyl groups is 1. The molecule has 4 nitrogen and oxygen atoms in total. The molecule has 0 aromatic heterocycles. The van der Waals surface area contributed by atoms with Gasteiger partial charge in [0, 0.05) is 38.8 Å². The molecule has 106 valence electrons. The van der Waals surface area contributed by atoms with Gasteiger partial charge in [-0.2, -0.15) is 0 Å². The Hall–Kier alpha value is -1.26. The Kier molecular flexibility index (Phi) is 4.66. The van der Waals surface area contributed by atoms with E-state index in [2.05, 4.69) is 23.6 Å². The first-order valence-electron chi connectivity index (χ1n) is 7.14. The Morgan fingerprint density at radius 2 is 1.95 bits per heavy atom. The standard InChI is InChI=1S/C15H25N3O/c1-3-12(2)18-8-6-17(7-9-18)11-13-4-5-15(19)14(16)10-13/h4-5,10,12,19H,3,6-9,11,16H2,1-2H3. The van der Waals surface area contributed by atoms with Crippen LogP contribution in [0.4, 0.5) is 5.69 Å². The molecule has 1 heterocycles. The number of hydrogen-bond acceptors (Lipinski definition) is 4. The summed E-state index contributed by atoms with van der Waals surface area (Å²) in [7, 11) is 0. The van der Waals surface area contributed by atoms with E-state index in [0.29, 0.717) is 11.7 Å². The summed E-state index contributed by atoms with van der Waals surface area (Å²) in [6.45, 7) is 9.95. The van der Waals surface area contributed by atoms with E-state index in [0.717, 1.165) is 32.7 Å². The van der Waals surface area contributed by atoms with Crippen molar-refractivity contribution < 1.29 is 5.11 Å². The fraction of sp³-hybridized carbons (Fsp3) is 0.600. The molecule has 0 aliphatic carbocycles. The molecule has 0 saturated carbocycles. The predicted molar refractivity (Wildman–Crippen MR) is 79.1 cm³/mol. The largest absolute Gasteiger partial charge is 0.506 e. The van der Waals surface area contributed by atoms with Crippen LogP contribution in [0.3, 0.4) is 0 Å². The third-order valence-corrected chi connectivity index (χ3v) is 4.12. The van der Waals surface area contributed by atoms with E-state index in [1.165, 1.54) is 12.0 Å². The predicted octanol–water partition coefficient (Wildman–Crippen LogP) is 1.89. The molecule has 1 atom stereocenters. The fourth-order valence-electron chi connectivity index (χ4n) is 2.58. The smallest absolute Gasteiger partial charge is 0.138 e. The number of rotatable bonds is 4. The van der Waals surface area contributed by atoms with Crippen molar-refractivity contribution in [1.29, 1.82) is 0 Å². The van der Waals surface area contributed by atoms with Crippen LogP contribution in [0.25, 0.3) is 0 Å². The first-order valence-corrected chi connectivity index (χ1v) is 7.14. The van der Waals surface area contributed by atoms with Gasteiger partial charge < -0.3 is 10.8 Å². The highest BCUT2D eigenvalue weighted by atomic mass is 16.3. The van der Waals surface area contributed by atoms with E-state index >= 15 is 0 Å². The van der Waals surface area contributed by atoms with Gasteiger partial charge in [0.15, 0.2) is 0 Å². The summed E-state index contributed by atoms with van der Waals surface area (Å²) in [5.74, 6) is 0.172. The number of nitrogens with zero attached hydrogens (tertiary/aromatic N) is 2. The SMILES string of the molecule is CCC(C)N1CCN(Cc2ccc(O)c(N)c2)CC1. The lowest BCUT2D eigenvalue weighted by molar-refractivity contribution is 0.0964. The Bertz CT molecular complexity index is 414. The Morgan fingerprint density at radius 3 is 2.53 bits per heavy atom. The number of phenols is 1. The molecule has 1 aliphatic heterocycles. The number of benzene rings is 1. The molecule has 1 unspecified atom stereocenters. The van der Waals surface area contributed by atoms with Crippen molar-refractivity contribution in [2.75, 3.05) is 31.9 Å². The van der Waals surface area contributed by atoms with Crippen molar-refractivity contribution in [3.05, 3.63) is 23.8 Å². The van der Waals surface area contributed by atoms with Crippen molar-refractivity contribution >= 4 is 5.69 Å². The van der Waals surface area contributed by atoms with E-state index in [9.17, 15) is 5.11 Å². The van der Waals surface area contributed by atoms with Gasteiger partial charge in [0.05, 0.1) is 5.69 Å². The summed E-state index contributed by atoms with van der Waals surface area (Å²) >= 11 is 0. The third-order valence-electron chi connectivity index (χ3n) is 4.12. The normalized spacial score (nSPS) is 19.5. The molecule has 1 aromatic rings. The lowest BCUT2D eigenvalue weighted by atomic mass is 10.1. The van der Waals surface area contributed by atoms with E-state index in [-0.39, 0.29) is 5.75 Å². The van der Waals surface area contributed by atoms with Crippen LogP contribution in [0.1, 0.15) is 25.8 Å². The van der Waals surface area contributed by atoms with Crippen LogP contribution in [-0.4, -0.2) is 47.1 Å². The number of piperazine rings is 1. The maximum absolute atomic E-state index is 9.43. The number of nitrogens with two attached hydrogens (primary N) is 1. The summed E-state index contributed by atoms with van der Waals surface area (Å²) in [6.07, 6.45) is 1.22. The van der Waals surface area contributed by atoms with E-state index in [1.54, 1.807) is 6.07 Å². The maximum atomic E-state index is 9.43. The minimum Gasteiger partial charge on any atom is -0.506 e. The molecule has 0 amide bonds. The second-order valence-electron chi connectivity index (χ2n) is 5.46. The van der Waals surface area contributed by atoms with Gasteiger partial charge in [0.25, 0.3) is 0 Å². The summed E-state index contributed by atoms with van der Waals surface area (Å²) in [5, 5.41) is 9.43. The first kappa shape index (κ1) is 14.2. The number of hydrogen-bond donors (Lipinski definition) is 2. The third kappa shape index (κ3) is 3.61. The summed E-state index contributed by atoms with van der Waals surface area (Å²) in [4.78, 5) is 5.01. The minimum atomic E-state index is 0.172. The summed E-state index contributed by atoms with van der Waals surface area (Å²) < 4.78 is 0. The molecular formula is C15H25N3O. The van der Waals surface area contributed by atoms with Gasteiger partial charge in [-0.25, -0.2) is 0 Å². The number of nitrogen functional groups attached to an aromatic ring is 1. The van der Waals surface area contributed by atoms with E-state index in [1.807, 2.05) is 12.1 Å². The van der Waals surface area contributed by atoms with E-state index in [4.69, 9.17) is 5.73 Å². The summed E-state index contributed by atoms with van der Waals surface area (Å²) in [5.41, 5.74) is 7.37. The zero-order valence-corrected chi connectivity index (χ0v) is 12.0. The van der Waals surface area contributed by atoms with Crippen LogP contribution < -0.4 is 5.73 Å². The quantitative estimate of drug-likeness (QED) is 0.643. The zero-order chi connectivity index (χ0) is 13.8. The Morgan fingerprint density at radius 1 is 1.26 bits per heavy atom. The van der Waals surface area contributed by atoms with Crippen LogP contribution in [0.15, 0.2) is 18.2 Å². The molecule has 0 radical (unpaired) electrons. The number of phenolic OH excluding ortho intramolecular Hbond substituents is 1. The highest BCUT2D eigenvalue weighted by Crippen LogP contribution is 2.21. The zero-order valence-electron chi connectivity index (χ0n) is 12.0. The molecule has 3 N–H and O–H groups in total. The van der Waals surface area contributed by atoms with Gasteiger partial charge in [0.2, 0.25) is 0 Å². The average molecular weight is 263 g/mol. The van der Waals surface area contributed by atoms with Gasteiger partial charge in [-0.05, 0) is 31.0 Å². The number of anilines is 1. The van der Waals surface area contributed by atoms with Gasteiger partial charge in [0.1, 0.15) is 5.75 Å². The van der Waals surface area contributed by atoms with Crippen LogP contribution >= 0.6 is 0 Å². The first-order chi connectivity index (χ1) is 9.10. The highest BCUT2D eigenvalue weighted by Gasteiger charge is 2.20. The maximum Gasteiger partial charge on any atom is 0.138 e. The molecule has 4 heteroatoms. The van der Waals surface area contributed by atoms with Crippen LogP contribution in [0.5, 0.6) is 5.75 Å². The van der Waals surface area contributed by atoms with Crippen molar-refractivity contribution in [3.63, 3.8) is 0 Å². The molecule has 1 fully saturated rings. The van der Waals surface area contributed by atoms with Crippen molar-refractivity contribution in [2.45, 2.75) is 32.9 Å². The van der Waals surface area contributed by atoms with Crippen LogP contribution in [0, 0.1) is 0 Å². The molecule has 19 heavy (non-hydrogen) atoms. The average Bonchev–Trinajstić information content (AvgIpc) is 2.43. The Balaban J connectivity index is 1.87. The second kappa shape index (κ2) is 6.26. The lowest BCUT2D eigenvalue weighted by Gasteiger charge is -2.37. The molecule has 2 rings (SSSR count). The van der Waals surface area contributed by atoms with Crippen molar-refractivity contribution in [2.24, 2.45) is 0 Å². The minimum absolute atomic E-state index is 0.172. The Labute approximate surface area is 115 Å². The van der Waals surface area contributed by atoms with Crippen LogP contribution in [-0.2, 0) is 6.54 Å². The van der Waals surface area contributed by atoms with Gasteiger partial charge in [-0.3, -0.25) is 9.80 Å². The molecule has 0 spiro atoms. The fourth-order valence-corrected chi connectivity index (χ4v) is 2.58. The van der Waals surface area contributed by atoms with Gasteiger partial charge in [-0.1, -0.05) is 13.0 Å². The lowest BCUT2D eigenvalue weighted by Crippen LogP contribution is -2.48. The van der Waals surface area contributed by atoms with Crippen LogP contribution in [0.2, 0.25) is 0 Å². The molecule has 0 bridgehead atoms. The van der Waals surface area contributed by atoms with Crippen molar-refractivity contribution in [3.8, 4) is 5.75 Å². The topological polar surface area (TPSA) is 52.7 Å². The molecule has 1 aromatic carbocycles. The molecule has 1 saturated heterocycles. The monoisotopic (exact) mass is 263 g/mol. The van der Waals surface area contributed by atoms with Gasteiger partial charge >= 0.3 is 0 Å². The highest BCUT2D eigenvalue weighted by molar-refractivity contribution is 5.53.